The van der Waals surface area contributed by atoms with E-state index in [0.29, 0.717) is 12.0 Å². The molecule has 1 saturated carbocycles. The molecule has 1 heterocycles. The van der Waals surface area contributed by atoms with Gasteiger partial charge in [-0.1, -0.05) is 19.8 Å². The Hall–Kier alpha value is -0.0800. The van der Waals surface area contributed by atoms with E-state index in [1.165, 1.54) is 38.5 Å². The smallest absolute Gasteiger partial charge is 0.0721 e. The Morgan fingerprint density at radius 1 is 1.21 bits per heavy atom. The molecule has 2 N–H and O–H groups in total. The number of aliphatic hydroxyl groups is 1. The van der Waals surface area contributed by atoms with Gasteiger partial charge >= 0.3 is 0 Å². The Morgan fingerprint density at radius 2 is 2.07 bits per heavy atom. The molecule has 0 radical (unpaired) electrons. The van der Waals surface area contributed by atoms with Crippen molar-refractivity contribution in [2.75, 3.05) is 6.54 Å². The first-order chi connectivity index (χ1) is 6.77. The predicted octanol–water partition coefficient (Wildman–Crippen LogP) is 1.93. The fourth-order valence-electron chi connectivity index (χ4n) is 3.12. The largest absolute Gasteiger partial charge is 0.391 e. The number of rotatable bonds is 2. The first-order valence-electron chi connectivity index (χ1n) is 6.19. The Bertz CT molecular complexity index is 177. The highest BCUT2D eigenvalue weighted by Gasteiger charge is 2.31. The van der Waals surface area contributed by atoms with Crippen LogP contribution in [0.25, 0.3) is 0 Å². The van der Waals surface area contributed by atoms with Crippen LogP contribution in [-0.2, 0) is 0 Å². The SMILES string of the molecule is CC1CCCC(C(O)C2CCCN2)C1. The molecule has 4 atom stereocenters. The van der Waals surface area contributed by atoms with Gasteiger partial charge in [0.25, 0.3) is 0 Å². The Kier molecular flexibility index (Phi) is 3.45. The molecule has 82 valence electrons. The van der Waals surface area contributed by atoms with E-state index in [0.717, 1.165) is 12.5 Å². The number of nitrogens with one attached hydrogen (secondary N) is 1. The third kappa shape index (κ3) is 2.29. The summed E-state index contributed by atoms with van der Waals surface area (Å²) in [6, 6.07) is 0.394. The summed E-state index contributed by atoms with van der Waals surface area (Å²) in [6.07, 6.45) is 7.48. The molecule has 0 aromatic rings. The van der Waals surface area contributed by atoms with Crippen molar-refractivity contribution >= 4 is 0 Å². The summed E-state index contributed by atoms with van der Waals surface area (Å²) in [5.74, 6) is 1.39. The maximum Gasteiger partial charge on any atom is 0.0721 e. The van der Waals surface area contributed by atoms with Crippen molar-refractivity contribution in [1.82, 2.24) is 5.32 Å². The van der Waals surface area contributed by atoms with Crippen LogP contribution in [0, 0.1) is 11.8 Å². The van der Waals surface area contributed by atoms with Crippen LogP contribution in [0.2, 0.25) is 0 Å². The molecule has 4 unspecified atom stereocenters. The van der Waals surface area contributed by atoms with E-state index in [9.17, 15) is 5.11 Å². The molecule has 0 spiro atoms. The van der Waals surface area contributed by atoms with E-state index in [2.05, 4.69) is 12.2 Å². The zero-order valence-corrected chi connectivity index (χ0v) is 9.21. The normalized spacial score (nSPS) is 41.1. The molecule has 1 saturated heterocycles. The molecule has 14 heavy (non-hydrogen) atoms. The average Bonchev–Trinajstić information content (AvgIpc) is 2.69. The van der Waals surface area contributed by atoms with Crippen LogP contribution in [0.15, 0.2) is 0 Å². The zero-order valence-electron chi connectivity index (χ0n) is 9.21. The van der Waals surface area contributed by atoms with E-state index < -0.39 is 0 Å². The standard InChI is InChI=1S/C12H23NO/c1-9-4-2-5-10(8-9)12(14)11-6-3-7-13-11/h9-14H,2-8H2,1H3. The van der Waals surface area contributed by atoms with E-state index in [4.69, 9.17) is 0 Å². The molecule has 2 heteroatoms. The molecule has 2 fully saturated rings. The first kappa shape index (κ1) is 10.4. The van der Waals surface area contributed by atoms with Crippen LogP contribution in [-0.4, -0.2) is 23.8 Å². The quantitative estimate of drug-likeness (QED) is 0.709. The highest BCUT2D eigenvalue weighted by atomic mass is 16.3. The van der Waals surface area contributed by atoms with Crippen LogP contribution in [0.3, 0.4) is 0 Å². The van der Waals surface area contributed by atoms with Gasteiger partial charge in [-0.2, -0.15) is 0 Å². The maximum absolute atomic E-state index is 10.2. The topological polar surface area (TPSA) is 32.3 Å². The molecule has 1 aliphatic heterocycles. The molecular weight excluding hydrogens is 174 g/mol. The summed E-state index contributed by atoms with van der Waals surface area (Å²) >= 11 is 0. The fraction of sp³-hybridized carbons (Fsp3) is 1.00. The lowest BCUT2D eigenvalue weighted by molar-refractivity contribution is 0.0454. The summed E-state index contributed by atoms with van der Waals surface area (Å²) < 4.78 is 0. The summed E-state index contributed by atoms with van der Waals surface area (Å²) in [5.41, 5.74) is 0. The Morgan fingerprint density at radius 3 is 2.71 bits per heavy atom. The van der Waals surface area contributed by atoms with Crippen molar-refractivity contribution < 1.29 is 5.11 Å². The van der Waals surface area contributed by atoms with Crippen molar-refractivity contribution in [3.63, 3.8) is 0 Å². The monoisotopic (exact) mass is 197 g/mol. The average molecular weight is 197 g/mol. The highest BCUT2D eigenvalue weighted by molar-refractivity contribution is 4.87. The maximum atomic E-state index is 10.2. The molecule has 2 aliphatic rings. The Labute approximate surface area is 87.1 Å². The van der Waals surface area contributed by atoms with Gasteiger partial charge in [0.1, 0.15) is 0 Å². The van der Waals surface area contributed by atoms with Crippen LogP contribution < -0.4 is 5.32 Å². The minimum Gasteiger partial charge on any atom is -0.391 e. The minimum atomic E-state index is -0.0831. The van der Waals surface area contributed by atoms with Gasteiger partial charge in [-0.3, -0.25) is 0 Å². The fourth-order valence-corrected chi connectivity index (χ4v) is 3.12. The van der Waals surface area contributed by atoms with Gasteiger partial charge in [-0.15, -0.1) is 0 Å². The second-order valence-corrected chi connectivity index (χ2v) is 5.23. The van der Waals surface area contributed by atoms with Gasteiger partial charge in [-0.05, 0) is 44.1 Å². The van der Waals surface area contributed by atoms with Gasteiger partial charge in [-0.25, -0.2) is 0 Å². The highest BCUT2D eigenvalue weighted by Crippen LogP contribution is 2.32. The van der Waals surface area contributed by atoms with E-state index in [-0.39, 0.29) is 6.10 Å². The van der Waals surface area contributed by atoms with Gasteiger partial charge in [0.2, 0.25) is 0 Å². The first-order valence-corrected chi connectivity index (χ1v) is 6.19. The molecule has 1 aliphatic carbocycles. The second-order valence-electron chi connectivity index (χ2n) is 5.23. The summed E-state index contributed by atoms with van der Waals surface area (Å²) in [6.45, 7) is 3.42. The number of hydrogen-bond acceptors (Lipinski definition) is 2. The lowest BCUT2D eigenvalue weighted by Gasteiger charge is -2.33. The van der Waals surface area contributed by atoms with Crippen molar-refractivity contribution in [2.45, 2.75) is 57.6 Å². The molecule has 0 aromatic carbocycles. The van der Waals surface area contributed by atoms with Gasteiger partial charge in [0.15, 0.2) is 0 Å². The van der Waals surface area contributed by atoms with E-state index in [1.54, 1.807) is 0 Å². The van der Waals surface area contributed by atoms with Crippen LogP contribution in [0.4, 0.5) is 0 Å². The van der Waals surface area contributed by atoms with Gasteiger partial charge in [0.05, 0.1) is 6.10 Å². The van der Waals surface area contributed by atoms with Gasteiger partial charge in [0, 0.05) is 6.04 Å². The summed E-state index contributed by atoms with van der Waals surface area (Å²) in [5, 5.41) is 13.6. The van der Waals surface area contributed by atoms with E-state index >= 15 is 0 Å². The van der Waals surface area contributed by atoms with Crippen molar-refractivity contribution in [1.29, 1.82) is 0 Å². The molecule has 2 rings (SSSR count). The van der Waals surface area contributed by atoms with Crippen molar-refractivity contribution in [2.24, 2.45) is 11.8 Å². The van der Waals surface area contributed by atoms with Crippen molar-refractivity contribution in [3.8, 4) is 0 Å². The third-order valence-corrected chi connectivity index (χ3v) is 3.97. The molecule has 0 aromatic heterocycles. The lowest BCUT2D eigenvalue weighted by Crippen LogP contribution is -2.41. The van der Waals surface area contributed by atoms with Crippen molar-refractivity contribution in [3.05, 3.63) is 0 Å². The van der Waals surface area contributed by atoms with Crippen LogP contribution in [0.1, 0.15) is 45.4 Å². The third-order valence-electron chi connectivity index (χ3n) is 3.97. The summed E-state index contributed by atoms with van der Waals surface area (Å²) in [7, 11) is 0. The molecule has 2 nitrogen and oxygen atoms in total. The number of hydrogen-bond donors (Lipinski definition) is 2. The van der Waals surface area contributed by atoms with E-state index in [1.807, 2.05) is 0 Å². The zero-order chi connectivity index (χ0) is 9.97. The van der Waals surface area contributed by atoms with Crippen LogP contribution >= 0.6 is 0 Å². The molecule has 0 amide bonds. The van der Waals surface area contributed by atoms with Crippen LogP contribution in [0.5, 0.6) is 0 Å². The summed E-state index contributed by atoms with van der Waals surface area (Å²) in [4.78, 5) is 0. The minimum absolute atomic E-state index is 0.0831. The predicted molar refractivity (Wildman–Crippen MR) is 58.2 cm³/mol. The molecule has 0 bridgehead atoms. The molecular formula is C12H23NO. The Balaban J connectivity index is 1.86. The number of aliphatic hydroxyl groups excluding tert-OH is 1. The lowest BCUT2D eigenvalue weighted by atomic mass is 9.77. The van der Waals surface area contributed by atoms with Gasteiger partial charge < -0.3 is 10.4 Å². The second kappa shape index (κ2) is 4.63.